The van der Waals surface area contributed by atoms with E-state index in [4.69, 9.17) is 4.52 Å². The van der Waals surface area contributed by atoms with Gasteiger partial charge in [0.25, 0.3) is 0 Å². The third-order valence-electron chi connectivity index (χ3n) is 7.20. The molecule has 210 valence electrons. The maximum Gasteiger partial charge on any atom is 0.243 e. The molecule has 0 bridgehead atoms. The van der Waals surface area contributed by atoms with Crippen LogP contribution in [0.4, 0.5) is 0 Å². The number of carbonyl (C=O) groups excluding carboxylic acids is 2. The van der Waals surface area contributed by atoms with Gasteiger partial charge in [-0.15, -0.1) is 11.3 Å². The molecule has 4 rings (SSSR count). The SMILES string of the molecule is Cc1cc([C@H](C(=O)N2C[C@H](O)C[C@H]2C(=O)N[C@@H](CC(C)(C)C)c2ccc(-c3scnc3C)cc2)C(C)C)on1. The van der Waals surface area contributed by atoms with Gasteiger partial charge in [-0.1, -0.05) is 64.0 Å². The van der Waals surface area contributed by atoms with Crippen LogP contribution in [0.15, 0.2) is 40.4 Å². The number of hydrogen-bond acceptors (Lipinski definition) is 7. The van der Waals surface area contributed by atoms with E-state index < -0.39 is 18.1 Å². The van der Waals surface area contributed by atoms with Crippen molar-refractivity contribution in [2.75, 3.05) is 6.54 Å². The van der Waals surface area contributed by atoms with Gasteiger partial charge in [0.05, 0.1) is 33.9 Å². The van der Waals surface area contributed by atoms with Gasteiger partial charge in [-0.3, -0.25) is 9.59 Å². The molecule has 8 nitrogen and oxygen atoms in total. The molecule has 3 heterocycles. The van der Waals surface area contributed by atoms with E-state index in [-0.39, 0.29) is 42.2 Å². The van der Waals surface area contributed by atoms with Crippen LogP contribution in [0, 0.1) is 25.2 Å². The number of carbonyl (C=O) groups is 2. The lowest BCUT2D eigenvalue weighted by Crippen LogP contribution is -2.49. The number of nitrogens with zero attached hydrogens (tertiary/aromatic N) is 3. The second-order valence-corrected chi connectivity index (χ2v) is 13.1. The van der Waals surface area contributed by atoms with Crippen molar-refractivity contribution in [2.24, 2.45) is 11.3 Å². The number of nitrogens with one attached hydrogen (secondary N) is 1. The maximum absolute atomic E-state index is 13.8. The third kappa shape index (κ3) is 6.76. The van der Waals surface area contributed by atoms with Crippen molar-refractivity contribution in [3.05, 3.63) is 58.6 Å². The molecule has 1 aliphatic rings. The number of hydrogen-bond donors (Lipinski definition) is 2. The van der Waals surface area contributed by atoms with E-state index in [1.807, 2.05) is 33.2 Å². The number of likely N-dealkylation sites (tertiary alicyclic amines) is 1. The van der Waals surface area contributed by atoms with Crippen molar-refractivity contribution in [2.45, 2.75) is 85.4 Å². The third-order valence-corrected chi connectivity index (χ3v) is 8.18. The summed E-state index contributed by atoms with van der Waals surface area (Å²) in [5.41, 5.74) is 5.58. The zero-order valence-electron chi connectivity index (χ0n) is 23.9. The normalized spacial score (nSPS) is 19.4. The molecule has 1 aliphatic heterocycles. The second kappa shape index (κ2) is 11.6. The number of aliphatic hydroxyl groups is 1. The molecule has 4 atom stereocenters. The molecule has 0 spiro atoms. The van der Waals surface area contributed by atoms with Crippen molar-refractivity contribution in [1.29, 1.82) is 0 Å². The number of β-amino-alcohol motifs (C(OH)–C–C–N with tert-alkyl or cyclic N) is 1. The lowest BCUT2D eigenvalue weighted by atomic mass is 9.85. The van der Waals surface area contributed by atoms with Crippen LogP contribution in [-0.4, -0.2) is 50.7 Å². The van der Waals surface area contributed by atoms with Crippen LogP contribution in [0.2, 0.25) is 0 Å². The lowest BCUT2D eigenvalue weighted by Gasteiger charge is -2.32. The maximum atomic E-state index is 13.8. The van der Waals surface area contributed by atoms with E-state index >= 15 is 0 Å². The highest BCUT2D eigenvalue weighted by Crippen LogP contribution is 2.34. The Balaban J connectivity index is 1.57. The van der Waals surface area contributed by atoms with Crippen LogP contribution in [0.5, 0.6) is 0 Å². The first-order chi connectivity index (χ1) is 18.3. The first kappa shape index (κ1) is 29.0. The van der Waals surface area contributed by atoms with E-state index in [0.29, 0.717) is 17.9 Å². The number of rotatable bonds is 8. The highest BCUT2D eigenvalue weighted by molar-refractivity contribution is 7.13. The number of aromatic nitrogens is 2. The number of aliphatic hydroxyl groups excluding tert-OH is 1. The fourth-order valence-electron chi connectivity index (χ4n) is 5.33. The molecule has 0 unspecified atom stereocenters. The Morgan fingerprint density at radius 1 is 1.21 bits per heavy atom. The molecular formula is C30H40N4O4S. The van der Waals surface area contributed by atoms with Crippen molar-refractivity contribution in [3.63, 3.8) is 0 Å². The molecule has 1 fully saturated rings. The summed E-state index contributed by atoms with van der Waals surface area (Å²) < 4.78 is 5.45. The van der Waals surface area contributed by atoms with Crippen LogP contribution in [0.3, 0.4) is 0 Å². The number of thiazole rings is 1. The molecule has 3 aromatic rings. The Hall–Kier alpha value is -3.04. The summed E-state index contributed by atoms with van der Waals surface area (Å²) in [5, 5.41) is 17.7. The fourth-order valence-corrected chi connectivity index (χ4v) is 6.14. The number of amides is 2. The summed E-state index contributed by atoms with van der Waals surface area (Å²) in [7, 11) is 0. The van der Waals surface area contributed by atoms with Crippen molar-refractivity contribution >= 4 is 23.2 Å². The van der Waals surface area contributed by atoms with Gasteiger partial charge in [0.15, 0.2) is 0 Å². The number of aryl methyl sites for hydroxylation is 2. The summed E-state index contributed by atoms with van der Waals surface area (Å²) in [6.07, 6.45) is 0.147. The van der Waals surface area contributed by atoms with Crippen LogP contribution in [0.25, 0.3) is 10.4 Å². The molecule has 9 heteroatoms. The molecule has 2 amide bonds. The minimum Gasteiger partial charge on any atom is -0.391 e. The minimum absolute atomic E-state index is 0.0531. The van der Waals surface area contributed by atoms with Gasteiger partial charge in [-0.25, -0.2) is 4.98 Å². The van der Waals surface area contributed by atoms with Gasteiger partial charge >= 0.3 is 0 Å². The molecule has 0 radical (unpaired) electrons. The smallest absolute Gasteiger partial charge is 0.243 e. The van der Waals surface area contributed by atoms with Gasteiger partial charge in [0.1, 0.15) is 17.7 Å². The molecule has 2 N–H and O–H groups in total. The van der Waals surface area contributed by atoms with E-state index in [9.17, 15) is 14.7 Å². The monoisotopic (exact) mass is 552 g/mol. The average Bonchev–Trinajstić information content (AvgIpc) is 3.57. The largest absolute Gasteiger partial charge is 0.391 e. The Kier molecular flexibility index (Phi) is 8.61. The lowest BCUT2D eigenvalue weighted by molar-refractivity contribution is -0.141. The van der Waals surface area contributed by atoms with E-state index in [1.165, 1.54) is 4.90 Å². The molecule has 39 heavy (non-hydrogen) atoms. The van der Waals surface area contributed by atoms with Gasteiger partial charge in [0.2, 0.25) is 11.8 Å². The predicted molar refractivity (Wildman–Crippen MR) is 152 cm³/mol. The summed E-state index contributed by atoms with van der Waals surface area (Å²) in [5.74, 6) is -0.655. The predicted octanol–water partition coefficient (Wildman–Crippen LogP) is 5.41. The Bertz CT molecular complexity index is 1290. The quantitative estimate of drug-likeness (QED) is 0.387. The van der Waals surface area contributed by atoms with Gasteiger partial charge in [0, 0.05) is 19.0 Å². The number of benzene rings is 1. The molecule has 0 aliphatic carbocycles. The Morgan fingerprint density at radius 2 is 1.90 bits per heavy atom. The summed E-state index contributed by atoms with van der Waals surface area (Å²) >= 11 is 1.61. The second-order valence-electron chi connectivity index (χ2n) is 12.2. The fraction of sp³-hybridized carbons (Fsp3) is 0.533. The minimum atomic E-state index is -0.767. The zero-order valence-corrected chi connectivity index (χ0v) is 24.7. The van der Waals surface area contributed by atoms with E-state index in [2.05, 4.69) is 60.5 Å². The highest BCUT2D eigenvalue weighted by atomic mass is 32.1. The zero-order chi connectivity index (χ0) is 28.5. The van der Waals surface area contributed by atoms with Crippen LogP contribution in [0.1, 0.15) is 82.1 Å². The summed E-state index contributed by atoms with van der Waals surface area (Å²) in [4.78, 5) is 34.5. The Morgan fingerprint density at radius 3 is 2.44 bits per heavy atom. The van der Waals surface area contributed by atoms with Crippen LogP contribution >= 0.6 is 11.3 Å². The Labute approximate surface area is 234 Å². The van der Waals surface area contributed by atoms with E-state index in [1.54, 1.807) is 17.4 Å². The average molecular weight is 553 g/mol. The van der Waals surface area contributed by atoms with Crippen LogP contribution in [-0.2, 0) is 9.59 Å². The summed E-state index contributed by atoms with van der Waals surface area (Å²) in [6.45, 7) is 14.2. The summed E-state index contributed by atoms with van der Waals surface area (Å²) in [6, 6.07) is 9.00. The first-order valence-electron chi connectivity index (χ1n) is 13.6. The highest BCUT2D eigenvalue weighted by Gasteiger charge is 2.43. The van der Waals surface area contributed by atoms with Gasteiger partial charge in [-0.2, -0.15) is 0 Å². The molecule has 2 aromatic heterocycles. The van der Waals surface area contributed by atoms with Gasteiger partial charge in [-0.05, 0) is 42.7 Å². The first-order valence-corrected chi connectivity index (χ1v) is 14.4. The van der Waals surface area contributed by atoms with Crippen molar-refractivity contribution in [1.82, 2.24) is 20.4 Å². The molecule has 1 aromatic carbocycles. The van der Waals surface area contributed by atoms with Crippen molar-refractivity contribution in [3.8, 4) is 10.4 Å². The standard InChI is InChI=1S/C30H40N4O4S/c1-17(2)26(25-12-18(3)33-38-25)29(37)34-15-22(35)13-24(34)28(36)32-23(14-30(5,6)7)20-8-10-21(11-9-20)27-19(4)31-16-39-27/h8-12,16-17,22-24,26,35H,13-15H2,1-7H3,(H,32,36)/t22-,23+,24+,26-/m1/s1. The topological polar surface area (TPSA) is 109 Å². The molecule has 0 saturated carbocycles. The van der Waals surface area contributed by atoms with Crippen molar-refractivity contribution < 1.29 is 19.2 Å². The van der Waals surface area contributed by atoms with Crippen LogP contribution < -0.4 is 5.32 Å². The molecular weight excluding hydrogens is 512 g/mol. The molecule has 1 saturated heterocycles. The van der Waals surface area contributed by atoms with Gasteiger partial charge < -0.3 is 19.8 Å². The van der Waals surface area contributed by atoms with E-state index in [0.717, 1.165) is 21.7 Å².